The molecule has 3 nitrogen and oxygen atoms in total. The van der Waals surface area contributed by atoms with Gasteiger partial charge in [-0.1, -0.05) is 48.6 Å². The van der Waals surface area contributed by atoms with Crippen LogP contribution in [0.3, 0.4) is 0 Å². The topological polar surface area (TPSA) is 27.7 Å². The summed E-state index contributed by atoms with van der Waals surface area (Å²) in [5.41, 5.74) is 2.51. The molecule has 0 aromatic heterocycles. The van der Waals surface area contributed by atoms with Crippen molar-refractivity contribution in [3.63, 3.8) is 0 Å². The number of hydrogen-bond acceptors (Lipinski definition) is 3. The van der Waals surface area contributed by atoms with E-state index < -0.39 is 11.6 Å². The Bertz CT molecular complexity index is 1170. The molecular weight excluding hydrogens is 452 g/mol. The Morgan fingerprint density at radius 1 is 0.914 bits per heavy atom. The van der Waals surface area contributed by atoms with Gasteiger partial charge in [-0.05, 0) is 54.6 Å². The Balaban J connectivity index is 1.49. The summed E-state index contributed by atoms with van der Waals surface area (Å²) in [7, 11) is 1.99. The zero-order chi connectivity index (χ0) is 24.8. The summed E-state index contributed by atoms with van der Waals surface area (Å²) in [6.45, 7) is 3.13. The molecule has 182 valence electrons. The molecule has 0 atom stereocenters. The van der Waals surface area contributed by atoms with Crippen LogP contribution in [0.15, 0.2) is 66.7 Å². The molecule has 0 saturated carbocycles. The van der Waals surface area contributed by atoms with Gasteiger partial charge in [0.25, 0.3) is 0 Å². The minimum absolute atomic E-state index is 0.0170. The van der Waals surface area contributed by atoms with E-state index in [1.54, 1.807) is 30.3 Å². The second kappa shape index (κ2) is 11.6. The van der Waals surface area contributed by atoms with E-state index in [0.717, 1.165) is 11.9 Å². The summed E-state index contributed by atoms with van der Waals surface area (Å²) in [6.07, 6.45) is 4.96. The van der Waals surface area contributed by atoms with Crippen LogP contribution in [0.25, 0.3) is 22.3 Å². The Morgan fingerprint density at radius 2 is 1.57 bits per heavy atom. The highest BCUT2D eigenvalue weighted by Gasteiger charge is 2.23. The normalized spacial score (nSPS) is 18.2. The summed E-state index contributed by atoms with van der Waals surface area (Å²) in [5, 5.41) is 0. The summed E-state index contributed by atoms with van der Waals surface area (Å²) >= 11 is 0. The molecule has 0 amide bonds. The highest BCUT2D eigenvalue weighted by atomic mass is 19.2. The molecule has 0 bridgehead atoms. The van der Waals surface area contributed by atoms with Crippen molar-refractivity contribution < 1.29 is 27.4 Å². The maximum absolute atomic E-state index is 15.0. The molecule has 1 aliphatic heterocycles. The predicted molar refractivity (Wildman–Crippen MR) is 134 cm³/mol. The second-order valence-corrected chi connectivity index (χ2v) is 8.46. The Labute approximate surface area is 204 Å². The van der Waals surface area contributed by atoms with E-state index >= 15 is 0 Å². The smallest absolute Gasteiger partial charge is 0.201 e. The molecule has 0 radical (unpaired) electrons. The molecule has 0 N–H and O–H groups in total. The Hall–Kier alpha value is -3.03. The predicted octanol–water partition coefficient (Wildman–Crippen LogP) is 6.29. The zero-order valence-electron chi connectivity index (χ0n) is 19.9. The SMILES string of the molecule is BCC1OCC(c2ccc(-c3ccc(-c4ccc(OCC/C=C\C)c(F)c4F)cc3)c(F)c2)CO1. The maximum Gasteiger partial charge on any atom is 0.201 e. The van der Waals surface area contributed by atoms with Crippen molar-refractivity contribution in [2.75, 3.05) is 19.8 Å². The van der Waals surface area contributed by atoms with Gasteiger partial charge in [-0.3, -0.25) is 0 Å². The number of benzene rings is 3. The van der Waals surface area contributed by atoms with E-state index in [1.165, 1.54) is 18.2 Å². The lowest BCUT2D eigenvalue weighted by Gasteiger charge is -2.29. The average Bonchev–Trinajstić information content (AvgIpc) is 2.89. The van der Waals surface area contributed by atoms with Crippen LogP contribution >= 0.6 is 0 Å². The molecule has 3 aromatic rings. The third kappa shape index (κ3) is 5.80. The van der Waals surface area contributed by atoms with Crippen molar-refractivity contribution in [3.05, 3.63) is 89.8 Å². The van der Waals surface area contributed by atoms with Gasteiger partial charge in [0.05, 0.1) is 19.8 Å². The molecule has 1 saturated heterocycles. The summed E-state index contributed by atoms with van der Waals surface area (Å²) in [5.74, 6) is -2.48. The van der Waals surface area contributed by atoms with Crippen LogP contribution in [0.1, 0.15) is 24.8 Å². The van der Waals surface area contributed by atoms with Crippen molar-refractivity contribution >= 4 is 7.85 Å². The third-order valence-electron chi connectivity index (χ3n) is 6.10. The molecule has 0 aliphatic carbocycles. The first-order valence-electron chi connectivity index (χ1n) is 11.9. The van der Waals surface area contributed by atoms with Gasteiger partial charge in [-0.15, -0.1) is 0 Å². The minimum atomic E-state index is -1.02. The summed E-state index contributed by atoms with van der Waals surface area (Å²) < 4.78 is 60.8. The second-order valence-electron chi connectivity index (χ2n) is 8.46. The molecule has 1 heterocycles. The molecule has 7 heteroatoms. The fourth-order valence-corrected chi connectivity index (χ4v) is 4.09. The molecule has 0 unspecified atom stereocenters. The standard InChI is InChI=1S/C28H28BF3O3/c1-2-3-4-13-33-25-12-11-23(27(31)28(25)32)19-7-5-18(6-8-19)22-10-9-20(14-24(22)30)21-16-34-26(15-29)35-17-21/h2-3,5-12,14,21,26H,4,13,15-17,29H2,1H3/b3-2-. The van der Waals surface area contributed by atoms with Crippen LogP contribution in [0.5, 0.6) is 5.75 Å². The fourth-order valence-electron chi connectivity index (χ4n) is 4.09. The highest BCUT2D eigenvalue weighted by molar-refractivity contribution is 6.08. The quantitative estimate of drug-likeness (QED) is 0.216. The van der Waals surface area contributed by atoms with Gasteiger partial charge in [-0.2, -0.15) is 4.39 Å². The molecule has 3 aromatic carbocycles. The number of halogens is 3. The van der Waals surface area contributed by atoms with Crippen LogP contribution in [0, 0.1) is 17.5 Å². The first-order valence-corrected chi connectivity index (χ1v) is 11.9. The Kier molecular flexibility index (Phi) is 8.31. The minimum Gasteiger partial charge on any atom is -0.490 e. The van der Waals surface area contributed by atoms with Crippen molar-refractivity contribution in [1.82, 2.24) is 0 Å². The van der Waals surface area contributed by atoms with Gasteiger partial charge in [-0.25, -0.2) is 8.78 Å². The molecular formula is C28H28BF3O3. The van der Waals surface area contributed by atoms with Gasteiger partial charge in [0.1, 0.15) is 13.7 Å². The van der Waals surface area contributed by atoms with Crippen LogP contribution in [-0.4, -0.2) is 34.0 Å². The van der Waals surface area contributed by atoms with Crippen LogP contribution < -0.4 is 4.74 Å². The number of ether oxygens (including phenoxy) is 3. The number of rotatable bonds is 8. The third-order valence-corrected chi connectivity index (χ3v) is 6.10. The summed E-state index contributed by atoms with van der Waals surface area (Å²) in [6, 6.07) is 14.7. The van der Waals surface area contributed by atoms with Gasteiger partial charge in [0.15, 0.2) is 17.9 Å². The molecule has 1 fully saturated rings. The number of hydrogen-bond donors (Lipinski definition) is 0. The van der Waals surface area contributed by atoms with E-state index in [2.05, 4.69) is 0 Å². The van der Waals surface area contributed by atoms with Gasteiger partial charge < -0.3 is 14.2 Å². The van der Waals surface area contributed by atoms with E-state index in [4.69, 9.17) is 14.2 Å². The van der Waals surface area contributed by atoms with Gasteiger partial charge in [0.2, 0.25) is 5.82 Å². The first-order chi connectivity index (χ1) is 17.0. The van der Waals surface area contributed by atoms with E-state index in [-0.39, 0.29) is 35.9 Å². The molecule has 0 spiro atoms. The van der Waals surface area contributed by atoms with Gasteiger partial charge >= 0.3 is 0 Å². The first kappa shape index (κ1) is 25.1. The van der Waals surface area contributed by atoms with Crippen LogP contribution in [-0.2, 0) is 9.47 Å². The lowest BCUT2D eigenvalue weighted by atomic mass is 9.95. The van der Waals surface area contributed by atoms with Crippen molar-refractivity contribution in [2.24, 2.45) is 0 Å². The lowest BCUT2D eigenvalue weighted by molar-refractivity contribution is -0.175. The van der Waals surface area contributed by atoms with Crippen molar-refractivity contribution in [3.8, 4) is 28.0 Å². The fraction of sp³-hybridized carbons (Fsp3) is 0.286. The number of allylic oxidation sites excluding steroid dienone is 1. The maximum atomic E-state index is 15.0. The van der Waals surface area contributed by atoms with Crippen molar-refractivity contribution in [2.45, 2.75) is 31.9 Å². The Morgan fingerprint density at radius 3 is 2.20 bits per heavy atom. The van der Waals surface area contributed by atoms with Crippen LogP contribution in [0.2, 0.25) is 6.32 Å². The summed E-state index contributed by atoms with van der Waals surface area (Å²) in [4.78, 5) is 0. The van der Waals surface area contributed by atoms with E-state index in [0.29, 0.717) is 36.3 Å². The lowest BCUT2D eigenvalue weighted by Crippen LogP contribution is -2.30. The highest BCUT2D eigenvalue weighted by Crippen LogP contribution is 2.33. The largest absolute Gasteiger partial charge is 0.490 e. The van der Waals surface area contributed by atoms with Crippen LogP contribution in [0.4, 0.5) is 13.2 Å². The molecule has 35 heavy (non-hydrogen) atoms. The van der Waals surface area contributed by atoms with Gasteiger partial charge in [0, 0.05) is 17.0 Å². The van der Waals surface area contributed by atoms with E-state index in [9.17, 15) is 13.2 Å². The van der Waals surface area contributed by atoms with Crippen molar-refractivity contribution in [1.29, 1.82) is 0 Å². The van der Waals surface area contributed by atoms with E-state index in [1.807, 2.05) is 33.0 Å². The molecule has 4 rings (SSSR count). The zero-order valence-corrected chi connectivity index (χ0v) is 19.9. The molecule has 1 aliphatic rings. The average molecular weight is 480 g/mol. The monoisotopic (exact) mass is 480 g/mol.